The van der Waals surface area contributed by atoms with Gasteiger partial charge in [-0.05, 0) is 87.0 Å². The molecule has 228 valence electrons. The van der Waals surface area contributed by atoms with Gasteiger partial charge in [-0.3, -0.25) is 20.3 Å². The summed E-state index contributed by atoms with van der Waals surface area (Å²) in [4.78, 5) is 27.2. The molecule has 4 fully saturated rings. The zero-order chi connectivity index (χ0) is 30.3. The third kappa shape index (κ3) is 4.38. The Labute approximate surface area is 253 Å². The van der Waals surface area contributed by atoms with Crippen molar-refractivity contribution in [2.75, 3.05) is 16.9 Å². The molecule has 9 heteroatoms. The van der Waals surface area contributed by atoms with E-state index < -0.39 is 10.7 Å². The van der Waals surface area contributed by atoms with Crippen LogP contribution in [0.25, 0.3) is 0 Å². The van der Waals surface area contributed by atoms with E-state index in [-0.39, 0.29) is 46.7 Å². The standard InChI is InChI=1S/C34H42N4O5/c1-21-10-15-28-33(4,17-16-29-34(28,5)20-42-32(2,3)43-29)25(21)19-30-36-26-9-7-6-8-22(26)18-27(36)31(39)37(30)35-23-11-13-24(14-12-23)38(40)41/h6-9,11-14,25,27-30,35H,1,10,15-20H2,2-5H3/t25-,27+,28+,29-,30-,33+,34+/m1/s1. The van der Waals surface area contributed by atoms with Gasteiger partial charge in [0.1, 0.15) is 12.2 Å². The zero-order valence-electron chi connectivity index (χ0n) is 25.5. The average molecular weight is 587 g/mol. The van der Waals surface area contributed by atoms with Crippen molar-refractivity contribution in [2.45, 2.75) is 90.3 Å². The Balaban J connectivity index is 1.23. The second-order valence-electron chi connectivity index (χ2n) is 14.2. The number of carbonyl (C=O) groups is 1. The molecule has 2 saturated heterocycles. The molecule has 1 N–H and O–H groups in total. The molecule has 43 heavy (non-hydrogen) atoms. The van der Waals surface area contributed by atoms with E-state index in [4.69, 9.17) is 9.47 Å². The molecule has 1 amide bonds. The number of hydrazine groups is 1. The Morgan fingerprint density at radius 2 is 1.81 bits per heavy atom. The molecule has 7 atom stereocenters. The second-order valence-corrected chi connectivity index (χ2v) is 14.2. The number of nitrogens with zero attached hydrogens (tertiary/aromatic N) is 3. The summed E-state index contributed by atoms with van der Waals surface area (Å²) in [6.07, 6.45) is 5.36. The lowest BCUT2D eigenvalue weighted by Gasteiger charge is -2.63. The number of anilines is 2. The van der Waals surface area contributed by atoms with Gasteiger partial charge in [-0.2, -0.15) is 0 Å². The van der Waals surface area contributed by atoms with Crippen LogP contribution >= 0.6 is 0 Å². The monoisotopic (exact) mass is 586 g/mol. The lowest BCUT2D eigenvalue weighted by Crippen LogP contribution is -2.63. The van der Waals surface area contributed by atoms with Crippen LogP contribution < -0.4 is 10.3 Å². The maximum atomic E-state index is 14.1. The van der Waals surface area contributed by atoms with Crippen LogP contribution in [0.1, 0.15) is 65.4 Å². The Kier molecular flexibility index (Phi) is 6.45. The summed E-state index contributed by atoms with van der Waals surface area (Å²) < 4.78 is 12.8. The molecule has 9 nitrogen and oxygen atoms in total. The van der Waals surface area contributed by atoms with Crippen molar-refractivity contribution in [1.29, 1.82) is 0 Å². The number of non-ortho nitro benzene ring substituents is 1. The van der Waals surface area contributed by atoms with Crippen LogP contribution in [0.5, 0.6) is 0 Å². The molecule has 5 aliphatic rings. The molecule has 2 aromatic carbocycles. The Morgan fingerprint density at radius 1 is 1.07 bits per heavy atom. The van der Waals surface area contributed by atoms with E-state index in [1.807, 2.05) is 26.0 Å². The SMILES string of the molecule is C=C1CC[C@@H]2[C@]3(C)COC(C)(C)O[C@@H]3CC[C@@]2(C)[C@@H]1C[C@H]1N(Nc2ccc([N+](=O)[O-])cc2)C(=O)[C@@H]2Cc3ccccc3N21. The van der Waals surface area contributed by atoms with Gasteiger partial charge in [0.05, 0.1) is 23.3 Å². The average Bonchev–Trinajstić information content (AvgIpc) is 3.46. The second kappa shape index (κ2) is 9.79. The number of allylic oxidation sites excluding steroid dienone is 1. The molecule has 2 aromatic rings. The molecule has 0 bridgehead atoms. The van der Waals surface area contributed by atoms with Gasteiger partial charge < -0.3 is 14.4 Å². The number of fused-ring (bicyclic) bond motifs is 6. The first-order valence-corrected chi connectivity index (χ1v) is 15.6. The van der Waals surface area contributed by atoms with Gasteiger partial charge in [0.25, 0.3) is 11.6 Å². The fourth-order valence-corrected chi connectivity index (χ4v) is 9.27. The summed E-state index contributed by atoms with van der Waals surface area (Å²) in [5.41, 5.74) is 7.49. The highest BCUT2D eigenvalue weighted by Gasteiger charge is 2.62. The number of para-hydroxylation sites is 1. The highest BCUT2D eigenvalue weighted by atomic mass is 16.7. The maximum absolute atomic E-state index is 14.1. The molecule has 0 aromatic heterocycles. The molecule has 0 radical (unpaired) electrons. The summed E-state index contributed by atoms with van der Waals surface area (Å²) in [5.74, 6) is 0.0569. The highest BCUT2D eigenvalue weighted by Crippen LogP contribution is 2.64. The molecule has 7 rings (SSSR count). The minimum absolute atomic E-state index is 0.0185. The minimum Gasteiger partial charge on any atom is -0.350 e. The van der Waals surface area contributed by atoms with E-state index in [0.29, 0.717) is 24.6 Å². The van der Waals surface area contributed by atoms with Crippen molar-refractivity contribution in [3.05, 3.63) is 76.4 Å². The van der Waals surface area contributed by atoms with Crippen LogP contribution in [-0.4, -0.2) is 46.5 Å². The molecule has 2 saturated carbocycles. The van der Waals surface area contributed by atoms with Gasteiger partial charge in [-0.15, -0.1) is 0 Å². The molecule has 3 aliphatic heterocycles. The van der Waals surface area contributed by atoms with Crippen molar-refractivity contribution in [2.24, 2.45) is 22.7 Å². The Bertz CT molecular complexity index is 1480. The number of ether oxygens (including phenoxy) is 2. The van der Waals surface area contributed by atoms with Crippen LogP contribution in [0, 0.1) is 32.8 Å². The van der Waals surface area contributed by atoms with E-state index in [1.165, 1.54) is 23.3 Å². The van der Waals surface area contributed by atoms with E-state index in [9.17, 15) is 14.9 Å². The summed E-state index contributed by atoms with van der Waals surface area (Å²) in [7, 11) is 0. The highest BCUT2D eigenvalue weighted by molar-refractivity contribution is 5.93. The number of benzene rings is 2. The zero-order valence-corrected chi connectivity index (χ0v) is 25.5. The number of rotatable bonds is 5. The van der Waals surface area contributed by atoms with Crippen molar-refractivity contribution in [1.82, 2.24) is 5.01 Å². The first kappa shape index (κ1) is 28.3. The molecular formula is C34H42N4O5. The molecule has 0 unspecified atom stereocenters. The predicted molar refractivity (Wildman–Crippen MR) is 164 cm³/mol. The van der Waals surface area contributed by atoms with E-state index >= 15 is 0 Å². The lowest BCUT2D eigenvalue weighted by molar-refractivity contribution is -0.384. The molecule has 3 heterocycles. The Morgan fingerprint density at radius 3 is 2.56 bits per heavy atom. The number of hydrogen-bond acceptors (Lipinski definition) is 7. The molecule has 2 aliphatic carbocycles. The van der Waals surface area contributed by atoms with Crippen LogP contribution in [0.4, 0.5) is 17.1 Å². The summed E-state index contributed by atoms with van der Waals surface area (Å²) in [6.45, 7) is 14.1. The largest absolute Gasteiger partial charge is 0.350 e. The van der Waals surface area contributed by atoms with Gasteiger partial charge in [-0.1, -0.05) is 44.2 Å². The number of carbonyl (C=O) groups excluding carboxylic acids is 1. The van der Waals surface area contributed by atoms with Crippen LogP contribution in [0.15, 0.2) is 60.7 Å². The summed E-state index contributed by atoms with van der Waals surface area (Å²) >= 11 is 0. The fourth-order valence-electron chi connectivity index (χ4n) is 9.27. The predicted octanol–water partition coefficient (Wildman–Crippen LogP) is 6.45. The summed E-state index contributed by atoms with van der Waals surface area (Å²) in [5, 5.41) is 13.0. The third-order valence-electron chi connectivity index (χ3n) is 11.4. The number of nitrogens with one attached hydrogen (secondary N) is 1. The summed E-state index contributed by atoms with van der Waals surface area (Å²) in [6, 6.07) is 14.3. The van der Waals surface area contributed by atoms with Crippen LogP contribution in [0.2, 0.25) is 0 Å². The molecule has 0 spiro atoms. The van der Waals surface area contributed by atoms with Crippen molar-refractivity contribution in [3.63, 3.8) is 0 Å². The van der Waals surface area contributed by atoms with E-state index in [1.54, 1.807) is 17.1 Å². The van der Waals surface area contributed by atoms with E-state index in [2.05, 4.69) is 42.9 Å². The lowest BCUT2D eigenvalue weighted by atomic mass is 9.46. The minimum atomic E-state index is -0.567. The maximum Gasteiger partial charge on any atom is 0.269 e. The topological polar surface area (TPSA) is 97.2 Å². The van der Waals surface area contributed by atoms with Crippen LogP contribution in [-0.2, 0) is 20.7 Å². The van der Waals surface area contributed by atoms with Crippen molar-refractivity contribution >= 4 is 23.0 Å². The molecular weight excluding hydrogens is 544 g/mol. The van der Waals surface area contributed by atoms with Crippen molar-refractivity contribution < 1.29 is 19.2 Å². The third-order valence-corrected chi connectivity index (χ3v) is 11.4. The first-order valence-electron chi connectivity index (χ1n) is 15.6. The van der Waals surface area contributed by atoms with Gasteiger partial charge in [0.15, 0.2) is 5.79 Å². The Hall–Kier alpha value is -3.43. The van der Waals surface area contributed by atoms with Gasteiger partial charge in [0, 0.05) is 29.7 Å². The number of nitro groups is 1. The number of hydrogen-bond donors (Lipinski definition) is 1. The normalized spacial score (nSPS) is 36.0. The van der Waals surface area contributed by atoms with Gasteiger partial charge in [0.2, 0.25) is 0 Å². The van der Waals surface area contributed by atoms with E-state index in [0.717, 1.165) is 37.8 Å². The quantitative estimate of drug-likeness (QED) is 0.244. The number of nitro benzene ring substituents is 1. The smallest absolute Gasteiger partial charge is 0.269 e. The van der Waals surface area contributed by atoms with Gasteiger partial charge >= 0.3 is 0 Å². The number of amides is 1. The fraction of sp³-hybridized carbons (Fsp3) is 0.559. The van der Waals surface area contributed by atoms with Gasteiger partial charge in [-0.25, -0.2) is 5.01 Å². The van der Waals surface area contributed by atoms with Crippen LogP contribution in [0.3, 0.4) is 0 Å². The first-order chi connectivity index (χ1) is 20.4. The van der Waals surface area contributed by atoms with Crippen molar-refractivity contribution in [3.8, 4) is 0 Å².